The standard InChI is InChI=1S/C17H18N4O3S/c1-12-5-4-10-21(12)25(22,23)20-13-7-8-14-16(11-13)24-17(19-14)15-6-2-3-9-18-15/h2-3,6-9,11-12,20H,4-5,10H2,1H3. The average molecular weight is 358 g/mol. The molecule has 1 unspecified atom stereocenters. The summed E-state index contributed by atoms with van der Waals surface area (Å²) in [7, 11) is -3.57. The number of hydrogen-bond acceptors (Lipinski definition) is 5. The third-order valence-corrected chi connectivity index (χ3v) is 5.97. The van der Waals surface area contributed by atoms with E-state index in [1.807, 2.05) is 25.1 Å². The van der Waals surface area contributed by atoms with Gasteiger partial charge in [-0.05, 0) is 44.0 Å². The number of pyridine rings is 1. The maximum Gasteiger partial charge on any atom is 0.301 e. The van der Waals surface area contributed by atoms with Gasteiger partial charge in [0.1, 0.15) is 11.2 Å². The Morgan fingerprint density at radius 3 is 2.88 bits per heavy atom. The van der Waals surface area contributed by atoms with Crippen LogP contribution in [0.4, 0.5) is 5.69 Å². The van der Waals surface area contributed by atoms with E-state index >= 15 is 0 Å². The van der Waals surface area contributed by atoms with Gasteiger partial charge in [0.05, 0.1) is 5.69 Å². The number of hydrogen-bond donors (Lipinski definition) is 1. The molecule has 1 saturated heterocycles. The summed E-state index contributed by atoms with van der Waals surface area (Å²) in [5, 5.41) is 0. The topological polar surface area (TPSA) is 88.3 Å². The molecule has 1 fully saturated rings. The van der Waals surface area contributed by atoms with Crippen LogP contribution in [0.1, 0.15) is 19.8 Å². The molecule has 130 valence electrons. The molecule has 3 aromatic rings. The summed E-state index contributed by atoms with van der Waals surface area (Å²) in [5.74, 6) is 0.406. The predicted octanol–water partition coefficient (Wildman–Crippen LogP) is 3.03. The lowest BCUT2D eigenvalue weighted by molar-refractivity contribution is 0.412. The summed E-state index contributed by atoms with van der Waals surface area (Å²) in [4.78, 5) is 8.61. The van der Waals surface area contributed by atoms with Gasteiger partial charge < -0.3 is 4.42 Å². The van der Waals surface area contributed by atoms with Gasteiger partial charge >= 0.3 is 10.2 Å². The molecule has 0 saturated carbocycles. The summed E-state index contributed by atoms with van der Waals surface area (Å²) in [6.07, 6.45) is 3.44. The van der Waals surface area contributed by atoms with E-state index in [0.29, 0.717) is 34.9 Å². The minimum atomic E-state index is -3.57. The summed E-state index contributed by atoms with van der Waals surface area (Å²) < 4.78 is 34.9. The summed E-state index contributed by atoms with van der Waals surface area (Å²) >= 11 is 0. The number of fused-ring (bicyclic) bond motifs is 1. The fourth-order valence-corrected chi connectivity index (χ4v) is 4.55. The van der Waals surface area contributed by atoms with Crippen LogP contribution in [0.15, 0.2) is 47.0 Å². The lowest BCUT2D eigenvalue weighted by atomic mass is 10.3. The molecule has 0 spiro atoms. The van der Waals surface area contributed by atoms with Crippen molar-refractivity contribution in [3.05, 3.63) is 42.6 Å². The van der Waals surface area contributed by atoms with E-state index in [-0.39, 0.29) is 6.04 Å². The number of rotatable bonds is 4. The van der Waals surface area contributed by atoms with E-state index in [1.54, 1.807) is 24.4 Å². The zero-order valence-corrected chi connectivity index (χ0v) is 14.5. The third kappa shape index (κ3) is 3.10. The molecule has 1 atom stereocenters. The molecule has 8 heteroatoms. The van der Waals surface area contributed by atoms with Gasteiger partial charge in [-0.25, -0.2) is 4.98 Å². The maximum absolute atomic E-state index is 12.5. The average Bonchev–Trinajstić information content (AvgIpc) is 3.21. The van der Waals surface area contributed by atoms with Crippen LogP contribution in [0.25, 0.3) is 22.7 Å². The van der Waals surface area contributed by atoms with Crippen molar-refractivity contribution in [1.82, 2.24) is 14.3 Å². The van der Waals surface area contributed by atoms with E-state index in [0.717, 1.165) is 12.8 Å². The van der Waals surface area contributed by atoms with Gasteiger partial charge in [0.2, 0.25) is 5.89 Å². The molecule has 0 aliphatic carbocycles. The van der Waals surface area contributed by atoms with Crippen molar-refractivity contribution in [3.63, 3.8) is 0 Å². The first-order valence-corrected chi connectivity index (χ1v) is 9.58. The van der Waals surface area contributed by atoms with E-state index in [4.69, 9.17) is 4.42 Å². The smallest absolute Gasteiger partial charge is 0.301 e. The second-order valence-corrected chi connectivity index (χ2v) is 7.75. The molecule has 1 aliphatic rings. The molecule has 0 amide bonds. The van der Waals surface area contributed by atoms with Gasteiger partial charge in [-0.15, -0.1) is 0 Å². The summed E-state index contributed by atoms with van der Waals surface area (Å²) in [5.41, 5.74) is 2.25. The molecule has 7 nitrogen and oxygen atoms in total. The Balaban J connectivity index is 1.63. The van der Waals surface area contributed by atoms with Crippen LogP contribution >= 0.6 is 0 Å². The van der Waals surface area contributed by atoms with Crippen LogP contribution in [0, 0.1) is 0 Å². The lowest BCUT2D eigenvalue weighted by Gasteiger charge is -2.21. The zero-order valence-electron chi connectivity index (χ0n) is 13.7. The van der Waals surface area contributed by atoms with Crippen molar-refractivity contribution in [2.24, 2.45) is 0 Å². The van der Waals surface area contributed by atoms with Crippen molar-refractivity contribution in [1.29, 1.82) is 0 Å². The summed E-state index contributed by atoms with van der Waals surface area (Å²) in [6.45, 7) is 2.47. The molecule has 0 radical (unpaired) electrons. The first kappa shape index (κ1) is 16.0. The highest BCUT2D eigenvalue weighted by Gasteiger charge is 2.31. The highest BCUT2D eigenvalue weighted by atomic mass is 32.2. The van der Waals surface area contributed by atoms with E-state index in [9.17, 15) is 8.42 Å². The van der Waals surface area contributed by atoms with Crippen molar-refractivity contribution in [2.75, 3.05) is 11.3 Å². The second kappa shape index (κ2) is 6.12. The normalized spacial score (nSPS) is 18.7. The van der Waals surface area contributed by atoms with Crippen molar-refractivity contribution in [3.8, 4) is 11.6 Å². The van der Waals surface area contributed by atoms with Crippen LogP contribution in [0.2, 0.25) is 0 Å². The number of oxazole rings is 1. The number of nitrogens with one attached hydrogen (secondary N) is 1. The molecule has 1 aromatic carbocycles. The van der Waals surface area contributed by atoms with Crippen LogP contribution in [-0.2, 0) is 10.2 Å². The fraction of sp³-hybridized carbons (Fsp3) is 0.294. The molecular formula is C17H18N4O3S. The highest BCUT2D eigenvalue weighted by molar-refractivity contribution is 7.90. The Kier molecular flexibility index (Phi) is 3.93. The summed E-state index contributed by atoms with van der Waals surface area (Å²) in [6, 6.07) is 10.6. The van der Waals surface area contributed by atoms with Crippen molar-refractivity contribution >= 4 is 27.0 Å². The molecule has 4 rings (SSSR count). The van der Waals surface area contributed by atoms with E-state index in [1.165, 1.54) is 4.31 Å². The molecule has 1 N–H and O–H groups in total. The Morgan fingerprint density at radius 1 is 1.28 bits per heavy atom. The Hall–Kier alpha value is -2.45. The Bertz CT molecular complexity index is 1000. The largest absolute Gasteiger partial charge is 0.435 e. The van der Waals surface area contributed by atoms with E-state index < -0.39 is 10.2 Å². The van der Waals surface area contributed by atoms with Gasteiger partial charge in [0, 0.05) is 24.8 Å². The van der Waals surface area contributed by atoms with Crippen LogP contribution in [-0.4, -0.2) is 35.3 Å². The maximum atomic E-state index is 12.5. The Labute approximate surface area is 145 Å². The van der Waals surface area contributed by atoms with Crippen molar-refractivity contribution in [2.45, 2.75) is 25.8 Å². The Morgan fingerprint density at radius 2 is 2.16 bits per heavy atom. The first-order valence-electron chi connectivity index (χ1n) is 8.14. The minimum absolute atomic E-state index is 0.0160. The number of anilines is 1. The first-order chi connectivity index (χ1) is 12.0. The number of nitrogens with zero attached hydrogens (tertiary/aromatic N) is 3. The molecule has 0 bridgehead atoms. The fourth-order valence-electron chi connectivity index (χ4n) is 3.06. The van der Waals surface area contributed by atoms with Crippen LogP contribution in [0.5, 0.6) is 0 Å². The number of benzene rings is 1. The number of aromatic nitrogens is 2. The van der Waals surface area contributed by atoms with Gasteiger partial charge in [0.25, 0.3) is 0 Å². The highest BCUT2D eigenvalue weighted by Crippen LogP contribution is 2.27. The molecular weight excluding hydrogens is 340 g/mol. The van der Waals surface area contributed by atoms with Gasteiger partial charge in [-0.2, -0.15) is 12.7 Å². The van der Waals surface area contributed by atoms with Gasteiger partial charge in [-0.1, -0.05) is 6.07 Å². The zero-order chi connectivity index (χ0) is 17.4. The second-order valence-electron chi connectivity index (χ2n) is 6.13. The van der Waals surface area contributed by atoms with E-state index in [2.05, 4.69) is 14.7 Å². The predicted molar refractivity (Wildman–Crippen MR) is 95.2 cm³/mol. The SMILES string of the molecule is CC1CCCN1S(=O)(=O)Nc1ccc2nc(-c3ccccn3)oc2c1. The quantitative estimate of drug-likeness (QED) is 0.774. The van der Waals surface area contributed by atoms with Crippen LogP contribution in [0.3, 0.4) is 0 Å². The third-order valence-electron chi connectivity index (χ3n) is 4.32. The molecule has 3 heterocycles. The molecule has 2 aromatic heterocycles. The lowest BCUT2D eigenvalue weighted by Crippen LogP contribution is -2.37. The monoisotopic (exact) mass is 358 g/mol. The molecule has 1 aliphatic heterocycles. The molecule has 25 heavy (non-hydrogen) atoms. The van der Waals surface area contributed by atoms with Gasteiger partial charge in [-0.3, -0.25) is 9.71 Å². The van der Waals surface area contributed by atoms with Gasteiger partial charge in [0.15, 0.2) is 5.58 Å². The minimum Gasteiger partial charge on any atom is -0.435 e. The van der Waals surface area contributed by atoms with Crippen LogP contribution < -0.4 is 4.72 Å². The van der Waals surface area contributed by atoms with Crippen molar-refractivity contribution < 1.29 is 12.8 Å².